The predicted molar refractivity (Wildman–Crippen MR) is 135 cm³/mol. The van der Waals surface area contributed by atoms with Gasteiger partial charge in [0.2, 0.25) is 21.8 Å². The zero-order valence-electron chi connectivity index (χ0n) is 21.9. The van der Waals surface area contributed by atoms with Crippen LogP contribution in [0.15, 0.2) is 29.2 Å². The lowest BCUT2D eigenvalue weighted by atomic mass is 9.63. The van der Waals surface area contributed by atoms with Gasteiger partial charge in [-0.3, -0.25) is 9.59 Å². The van der Waals surface area contributed by atoms with Gasteiger partial charge in [-0.15, -0.1) is 0 Å². The molecule has 4 unspecified atom stereocenters. The Morgan fingerprint density at radius 3 is 2.40 bits per heavy atom. The third-order valence-corrected chi connectivity index (χ3v) is 10.0. The highest BCUT2D eigenvalue weighted by Crippen LogP contribution is 2.45. The number of carbonyl (C=O) groups excluding carboxylic acids is 2. The number of nitrogens with one attached hydrogen (secondary N) is 1. The fourth-order valence-corrected chi connectivity index (χ4v) is 7.28. The van der Waals surface area contributed by atoms with Crippen LogP contribution in [0.1, 0.15) is 80.1 Å². The molecule has 0 heterocycles. The summed E-state index contributed by atoms with van der Waals surface area (Å²) < 4.78 is 42.0. The number of likely N-dealkylation sites (N-methyl/N-ethyl adjacent to an activating group) is 1. The molecule has 3 N–H and O–H groups in total. The van der Waals surface area contributed by atoms with Crippen molar-refractivity contribution < 1.29 is 22.4 Å². The second-order valence-electron chi connectivity index (χ2n) is 10.5. The van der Waals surface area contributed by atoms with E-state index in [1.54, 1.807) is 6.92 Å². The van der Waals surface area contributed by atoms with Gasteiger partial charge in [0, 0.05) is 18.0 Å². The van der Waals surface area contributed by atoms with Crippen LogP contribution < -0.4 is 11.1 Å². The highest BCUT2D eigenvalue weighted by Gasteiger charge is 2.47. The number of hydrogen-bond donors (Lipinski definition) is 2. The minimum Gasteiger partial charge on any atom is -0.369 e. The van der Waals surface area contributed by atoms with Crippen LogP contribution in [0.2, 0.25) is 0 Å². The topological polar surface area (TPSA) is 110 Å². The molecule has 1 aliphatic carbocycles. The molecule has 7 nitrogen and oxygen atoms in total. The highest BCUT2D eigenvalue weighted by atomic mass is 32.2. The van der Waals surface area contributed by atoms with Crippen molar-refractivity contribution in [1.82, 2.24) is 9.62 Å². The van der Waals surface area contributed by atoms with Gasteiger partial charge in [0.1, 0.15) is 16.3 Å². The summed E-state index contributed by atoms with van der Waals surface area (Å²) in [5.41, 5.74) is 3.84. The van der Waals surface area contributed by atoms with Crippen molar-refractivity contribution in [2.24, 2.45) is 23.0 Å². The summed E-state index contributed by atoms with van der Waals surface area (Å²) in [6.45, 7) is 10.9. The first kappa shape index (κ1) is 29.2. The highest BCUT2D eigenvalue weighted by molar-refractivity contribution is 7.89. The molecule has 0 spiro atoms. The lowest BCUT2D eigenvalue weighted by Gasteiger charge is -2.45. The molecule has 1 saturated carbocycles. The van der Waals surface area contributed by atoms with E-state index in [4.69, 9.17) is 5.73 Å². The molecule has 0 radical (unpaired) electrons. The predicted octanol–water partition coefficient (Wildman–Crippen LogP) is 4.22. The normalized spacial score (nSPS) is 24.2. The van der Waals surface area contributed by atoms with Crippen LogP contribution in [0.5, 0.6) is 0 Å². The number of sulfonamides is 1. The molecule has 1 aromatic carbocycles. The number of carbonyl (C=O) groups is 2. The van der Waals surface area contributed by atoms with E-state index in [1.807, 2.05) is 6.92 Å². The summed E-state index contributed by atoms with van der Waals surface area (Å²) in [5, 5.41) is 3.07. The minimum atomic E-state index is -4.25. The molecule has 35 heavy (non-hydrogen) atoms. The van der Waals surface area contributed by atoms with E-state index < -0.39 is 37.6 Å². The fraction of sp³-hybridized carbons (Fsp3) is 0.692. The molecule has 4 atom stereocenters. The van der Waals surface area contributed by atoms with Crippen LogP contribution in [-0.4, -0.2) is 42.7 Å². The third kappa shape index (κ3) is 6.05. The summed E-state index contributed by atoms with van der Waals surface area (Å²) in [5.74, 6) is -1.18. The van der Waals surface area contributed by atoms with Crippen LogP contribution in [0.25, 0.3) is 0 Å². The largest absolute Gasteiger partial charge is 0.369 e. The molecule has 0 bridgehead atoms. The average Bonchev–Trinajstić information content (AvgIpc) is 2.79. The molecule has 2 amide bonds. The Labute approximate surface area is 210 Å². The molecular formula is C26H42FN3O4S. The van der Waals surface area contributed by atoms with E-state index in [9.17, 15) is 22.4 Å². The standard InChI is InChI=1S/C26H42FN3O4S/c1-7-18(4)16-26(23(28)31)15-14-21(19(8-2)17-26)29-24(32)25(5,6)30(9-3)35(33,34)22-13-11-10-12-20(22)27/h10-13,18-19,21H,7-9,14-17H2,1-6H3,(H2,28,31)(H,29,32). The SMILES string of the molecule is CCC(C)CC1(C(N)=O)CCC(NC(=O)C(C)(C)N(CC)S(=O)(=O)c2ccccc2F)C(CC)C1. The molecule has 0 aromatic heterocycles. The van der Waals surface area contributed by atoms with E-state index in [-0.39, 0.29) is 24.4 Å². The van der Waals surface area contributed by atoms with Crippen LogP contribution in [-0.2, 0) is 19.6 Å². The number of nitrogens with zero attached hydrogens (tertiary/aromatic N) is 1. The summed E-state index contributed by atoms with van der Waals surface area (Å²) >= 11 is 0. The number of hydrogen-bond acceptors (Lipinski definition) is 4. The number of rotatable bonds is 11. The Kier molecular flexibility index (Phi) is 9.50. The molecule has 1 aliphatic rings. The maximum Gasteiger partial charge on any atom is 0.246 e. The van der Waals surface area contributed by atoms with E-state index in [0.29, 0.717) is 25.2 Å². The Hall–Kier alpha value is -2.00. The molecule has 9 heteroatoms. The summed E-state index contributed by atoms with van der Waals surface area (Å²) in [6.07, 6.45) is 4.21. The van der Waals surface area contributed by atoms with Crippen LogP contribution in [0.4, 0.5) is 4.39 Å². The average molecular weight is 512 g/mol. The number of halogens is 1. The van der Waals surface area contributed by atoms with Gasteiger partial charge in [0.25, 0.3) is 0 Å². The zero-order chi connectivity index (χ0) is 26.6. The van der Waals surface area contributed by atoms with Gasteiger partial charge in [-0.2, -0.15) is 4.31 Å². The van der Waals surface area contributed by atoms with Crippen LogP contribution in [0, 0.1) is 23.1 Å². The zero-order valence-corrected chi connectivity index (χ0v) is 22.8. The molecule has 0 saturated heterocycles. The fourth-order valence-electron chi connectivity index (χ4n) is 5.45. The van der Waals surface area contributed by atoms with Crippen molar-refractivity contribution in [2.75, 3.05) is 6.54 Å². The summed E-state index contributed by atoms with van der Waals surface area (Å²) in [4.78, 5) is 25.5. The molecule has 198 valence electrons. The smallest absolute Gasteiger partial charge is 0.246 e. The second-order valence-corrected chi connectivity index (χ2v) is 12.3. The van der Waals surface area contributed by atoms with Crippen molar-refractivity contribution >= 4 is 21.8 Å². The quantitative estimate of drug-likeness (QED) is 0.464. The molecule has 2 rings (SSSR count). The number of amides is 2. The summed E-state index contributed by atoms with van der Waals surface area (Å²) in [7, 11) is -4.25. The van der Waals surface area contributed by atoms with Gasteiger partial charge < -0.3 is 11.1 Å². The van der Waals surface area contributed by atoms with E-state index in [2.05, 4.69) is 19.2 Å². The summed E-state index contributed by atoms with van der Waals surface area (Å²) in [6, 6.07) is 4.97. The van der Waals surface area contributed by atoms with Gasteiger partial charge in [-0.1, -0.05) is 52.7 Å². The van der Waals surface area contributed by atoms with Crippen molar-refractivity contribution in [3.63, 3.8) is 0 Å². The van der Waals surface area contributed by atoms with Gasteiger partial charge in [-0.25, -0.2) is 12.8 Å². The van der Waals surface area contributed by atoms with Gasteiger partial charge >= 0.3 is 0 Å². The minimum absolute atomic E-state index is 0.00134. The number of primary amides is 1. The van der Waals surface area contributed by atoms with Crippen molar-refractivity contribution in [3.05, 3.63) is 30.1 Å². The van der Waals surface area contributed by atoms with Crippen molar-refractivity contribution in [2.45, 2.75) is 96.5 Å². The first-order chi connectivity index (χ1) is 16.3. The lowest BCUT2D eigenvalue weighted by molar-refractivity contribution is -0.134. The maximum atomic E-state index is 14.4. The van der Waals surface area contributed by atoms with Crippen LogP contribution >= 0.6 is 0 Å². The Morgan fingerprint density at radius 2 is 1.89 bits per heavy atom. The van der Waals surface area contributed by atoms with E-state index in [1.165, 1.54) is 32.0 Å². The van der Waals surface area contributed by atoms with Crippen molar-refractivity contribution in [3.8, 4) is 0 Å². The van der Waals surface area contributed by atoms with Gasteiger partial charge in [-0.05, 0) is 63.5 Å². The maximum absolute atomic E-state index is 14.4. The Morgan fingerprint density at radius 1 is 1.26 bits per heavy atom. The number of nitrogens with two attached hydrogens (primary N) is 1. The molecule has 1 fully saturated rings. The van der Waals surface area contributed by atoms with Crippen LogP contribution in [0.3, 0.4) is 0 Å². The Balaban J connectivity index is 2.27. The van der Waals surface area contributed by atoms with Crippen molar-refractivity contribution in [1.29, 1.82) is 0 Å². The number of benzene rings is 1. The molecule has 1 aromatic rings. The second kappa shape index (κ2) is 11.4. The van der Waals surface area contributed by atoms with E-state index in [0.717, 1.165) is 29.6 Å². The Bertz CT molecular complexity index is 1010. The lowest BCUT2D eigenvalue weighted by Crippen LogP contribution is -2.60. The van der Waals surface area contributed by atoms with E-state index >= 15 is 0 Å². The van der Waals surface area contributed by atoms with Gasteiger partial charge in [0.05, 0.1) is 0 Å². The first-order valence-electron chi connectivity index (χ1n) is 12.6. The first-order valence-corrected chi connectivity index (χ1v) is 14.1. The molecule has 0 aliphatic heterocycles. The molecular weight excluding hydrogens is 469 g/mol. The van der Waals surface area contributed by atoms with Gasteiger partial charge in [0.15, 0.2) is 0 Å². The third-order valence-electron chi connectivity index (χ3n) is 7.83. The monoisotopic (exact) mass is 511 g/mol.